The Bertz CT molecular complexity index is 1060. The summed E-state index contributed by atoms with van der Waals surface area (Å²) in [6.45, 7) is 0.437. The van der Waals surface area contributed by atoms with E-state index in [0.29, 0.717) is 25.1 Å². The Labute approximate surface area is 169 Å². The third kappa shape index (κ3) is 5.03. The molecule has 0 fully saturated rings. The molecule has 1 amide bonds. The standard InChI is InChI=1S/C21H21FN2O4S/c1-24(18-11-9-17(22)10-12-18)29(26,27)20-8-2-5-16(15-20)21(25)23-13-3-6-19-7-4-14-28-19/h2,4-5,7-12,14-15H,3,6,13H2,1H3,(H,23,25). The lowest BCUT2D eigenvalue weighted by atomic mass is 10.2. The second-order valence-corrected chi connectivity index (χ2v) is 8.38. The molecule has 2 aromatic carbocycles. The molecule has 0 unspecified atom stereocenters. The number of furan rings is 1. The zero-order valence-electron chi connectivity index (χ0n) is 15.8. The summed E-state index contributed by atoms with van der Waals surface area (Å²) in [5, 5.41) is 2.78. The molecular formula is C21H21FN2O4S. The van der Waals surface area contributed by atoms with E-state index in [0.717, 1.165) is 10.1 Å². The minimum absolute atomic E-state index is 0.0208. The van der Waals surface area contributed by atoms with E-state index in [9.17, 15) is 17.6 Å². The van der Waals surface area contributed by atoms with Gasteiger partial charge < -0.3 is 9.73 Å². The van der Waals surface area contributed by atoms with Gasteiger partial charge in [0.05, 0.1) is 16.8 Å². The van der Waals surface area contributed by atoms with Gasteiger partial charge >= 0.3 is 0 Å². The fourth-order valence-electron chi connectivity index (χ4n) is 2.77. The van der Waals surface area contributed by atoms with Crippen LogP contribution in [-0.2, 0) is 16.4 Å². The van der Waals surface area contributed by atoms with Crippen molar-refractivity contribution in [1.29, 1.82) is 0 Å². The summed E-state index contributed by atoms with van der Waals surface area (Å²) in [7, 11) is -2.52. The number of carbonyl (C=O) groups excluding carboxylic acids is 1. The highest BCUT2D eigenvalue weighted by Gasteiger charge is 2.22. The molecule has 0 bridgehead atoms. The lowest BCUT2D eigenvalue weighted by Crippen LogP contribution is -2.28. The number of anilines is 1. The molecule has 0 radical (unpaired) electrons. The van der Waals surface area contributed by atoms with Gasteiger partial charge in [0.25, 0.3) is 15.9 Å². The van der Waals surface area contributed by atoms with Gasteiger partial charge in [0.1, 0.15) is 11.6 Å². The zero-order chi connectivity index (χ0) is 20.9. The van der Waals surface area contributed by atoms with Gasteiger partial charge in [-0.3, -0.25) is 9.10 Å². The minimum atomic E-state index is -3.90. The molecule has 0 aliphatic carbocycles. The molecule has 3 aromatic rings. The minimum Gasteiger partial charge on any atom is -0.469 e. The Kier molecular flexibility index (Phi) is 6.33. The van der Waals surface area contributed by atoms with Gasteiger partial charge in [0.15, 0.2) is 0 Å². The number of hydrogen-bond acceptors (Lipinski definition) is 4. The van der Waals surface area contributed by atoms with Gasteiger partial charge in [-0.25, -0.2) is 12.8 Å². The predicted molar refractivity (Wildman–Crippen MR) is 108 cm³/mol. The Morgan fingerprint density at radius 3 is 2.55 bits per heavy atom. The predicted octanol–water partition coefficient (Wildman–Crippen LogP) is 3.61. The molecule has 0 aliphatic heterocycles. The maximum atomic E-state index is 13.1. The summed E-state index contributed by atoms with van der Waals surface area (Å²) in [6.07, 6.45) is 3.00. The highest BCUT2D eigenvalue weighted by atomic mass is 32.2. The molecule has 3 rings (SSSR count). The zero-order valence-corrected chi connectivity index (χ0v) is 16.7. The molecule has 29 heavy (non-hydrogen) atoms. The molecule has 0 spiro atoms. The molecule has 152 valence electrons. The van der Waals surface area contributed by atoms with Crippen molar-refractivity contribution in [3.63, 3.8) is 0 Å². The highest BCUT2D eigenvalue weighted by Crippen LogP contribution is 2.23. The maximum absolute atomic E-state index is 13.1. The first-order valence-corrected chi connectivity index (χ1v) is 10.5. The van der Waals surface area contributed by atoms with Crippen LogP contribution in [0.2, 0.25) is 0 Å². The lowest BCUT2D eigenvalue weighted by Gasteiger charge is -2.19. The quantitative estimate of drug-likeness (QED) is 0.569. The molecule has 1 aromatic heterocycles. The van der Waals surface area contributed by atoms with Crippen LogP contribution in [0.3, 0.4) is 0 Å². The number of rotatable bonds is 8. The molecule has 1 heterocycles. The molecular weight excluding hydrogens is 395 g/mol. The SMILES string of the molecule is CN(c1ccc(F)cc1)S(=O)(=O)c1cccc(C(=O)NCCCc2ccco2)c1. The Morgan fingerprint density at radius 2 is 1.86 bits per heavy atom. The first-order valence-electron chi connectivity index (χ1n) is 9.03. The van der Waals surface area contributed by atoms with Crippen molar-refractivity contribution in [3.8, 4) is 0 Å². The van der Waals surface area contributed by atoms with E-state index in [4.69, 9.17) is 4.42 Å². The van der Waals surface area contributed by atoms with Crippen LogP contribution in [0.25, 0.3) is 0 Å². The highest BCUT2D eigenvalue weighted by molar-refractivity contribution is 7.92. The number of nitrogens with one attached hydrogen (secondary N) is 1. The molecule has 0 atom stereocenters. The lowest BCUT2D eigenvalue weighted by molar-refractivity contribution is 0.0953. The molecule has 0 saturated heterocycles. The molecule has 1 N–H and O–H groups in total. The van der Waals surface area contributed by atoms with Crippen molar-refractivity contribution in [3.05, 3.63) is 84.1 Å². The van der Waals surface area contributed by atoms with Gasteiger partial charge in [-0.2, -0.15) is 0 Å². The number of benzene rings is 2. The van der Waals surface area contributed by atoms with E-state index in [1.54, 1.807) is 12.3 Å². The average molecular weight is 416 g/mol. The first-order chi connectivity index (χ1) is 13.9. The van der Waals surface area contributed by atoms with Crippen LogP contribution >= 0.6 is 0 Å². The molecule has 8 heteroatoms. The Hall–Kier alpha value is -3.13. The van der Waals surface area contributed by atoms with Crippen LogP contribution in [0.1, 0.15) is 22.5 Å². The van der Waals surface area contributed by atoms with Crippen molar-refractivity contribution < 1.29 is 22.0 Å². The van der Waals surface area contributed by atoms with Crippen molar-refractivity contribution in [2.45, 2.75) is 17.7 Å². The fourth-order valence-corrected chi connectivity index (χ4v) is 4.01. The summed E-state index contributed by atoms with van der Waals surface area (Å²) in [4.78, 5) is 12.4. The Morgan fingerprint density at radius 1 is 1.10 bits per heavy atom. The van der Waals surface area contributed by atoms with E-state index >= 15 is 0 Å². The number of hydrogen-bond donors (Lipinski definition) is 1. The maximum Gasteiger partial charge on any atom is 0.264 e. The van der Waals surface area contributed by atoms with E-state index in [2.05, 4.69) is 5.32 Å². The van der Waals surface area contributed by atoms with Crippen molar-refractivity contribution in [2.75, 3.05) is 17.9 Å². The van der Waals surface area contributed by atoms with Crippen LogP contribution in [0.4, 0.5) is 10.1 Å². The van der Waals surface area contributed by atoms with Crippen molar-refractivity contribution in [1.82, 2.24) is 5.32 Å². The van der Waals surface area contributed by atoms with Crippen molar-refractivity contribution >= 4 is 21.6 Å². The average Bonchev–Trinajstić information content (AvgIpc) is 3.25. The summed E-state index contributed by atoms with van der Waals surface area (Å²) in [5.74, 6) is 0.0346. The third-order valence-electron chi connectivity index (χ3n) is 4.41. The molecule has 0 saturated carbocycles. The van der Waals surface area contributed by atoms with Gasteiger partial charge in [-0.1, -0.05) is 6.07 Å². The monoisotopic (exact) mass is 416 g/mol. The summed E-state index contributed by atoms with van der Waals surface area (Å²) in [6, 6.07) is 14.6. The van der Waals surface area contributed by atoms with Crippen LogP contribution in [0, 0.1) is 5.82 Å². The first kappa shape index (κ1) is 20.6. The van der Waals surface area contributed by atoms with Crippen molar-refractivity contribution in [2.24, 2.45) is 0 Å². The van der Waals surface area contributed by atoms with Gasteiger partial charge in [0, 0.05) is 25.6 Å². The topological polar surface area (TPSA) is 79.6 Å². The van der Waals surface area contributed by atoms with Crippen LogP contribution in [-0.4, -0.2) is 27.9 Å². The smallest absolute Gasteiger partial charge is 0.264 e. The Balaban J connectivity index is 1.67. The van der Waals surface area contributed by atoms with Gasteiger partial charge in [0.2, 0.25) is 0 Å². The van der Waals surface area contributed by atoms with E-state index in [1.165, 1.54) is 49.5 Å². The van der Waals surface area contributed by atoms with Crippen LogP contribution in [0.5, 0.6) is 0 Å². The number of carbonyl (C=O) groups is 1. The van der Waals surface area contributed by atoms with E-state index in [-0.39, 0.29) is 16.4 Å². The van der Waals surface area contributed by atoms with Gasteiger partial charge in [-0.15, -0.1) is 0 Å². The summed E-state index contributed by atoms with van der Waals surface area (Å²) >= 11 is 0. The number of aryl methyl sites for hydroxylation is 1. The van der Waals surface area contributed by atoms with E-state index in [1.807, 2.05) is 12.1 Å². The summed E-state index contributed by atoms with van der Waals surface area (Å²) in [5.41, 5.74) is 0.566. The molecule has 6 nitrogen and oxygen atoms in total. The second-order valence-electron chi connectivity index (χ2n) is 6.42. The second kappa shape index (κ2) is 8.91. The molecule has 0 aliphatic rings. The number of nitrogens with zero attached hydrogens (tertiary/aromatic N) is 1. The van der Waals surface area contributed by atoms with E-state index < -0.39 is 15.8 Å². The summed E-state index contributed by atoms with van der Waals surface area (Å²) < 4.78 is 45.1. The normalized spacial score (nSPS) is 11.2. The van der Waals surface area contributed by atoms with Gasteiger partial charge in [-0.05, 0) is 61.0 Å². The largest absolute Gasteiger partial charge is 0.469 e. The third-order valence-corrected chi connectivity index (χ3v) is 6.19. The fraction of sp³-hybridized carbons (Fsp3) is 0.190. The van der Waals surface area contributed by atoms with Crippen LogP contribution < -0.4 is 9.62 Å². The van der Waals surface area contributed by atoms with Crippen LogP contribution in [0.15, 0.2) is 76.2 Å². The number of halogens is 1. The number of sulfonamides is 1. The number of amides is 1.